The van der Waals surface area contributed by atoms with Crippen molar-refractivity contribution in [1.29, 1.82) is 0 Å². The SMILES string of the molecule is Cc1sc2nc([C@@H](C)OC(=O)c3cccn3C)[nH]c(=O)c2c1C. The summed E-state index contributed by atoms with van der Waals surface area (Å²) in [4.78, 5) is 33.3. The minimum atomic E-state index is -0.641. The highest BCUT2D eigenvalue weighted by molar-refractivity contribution is 7.18. The second kappa shape index (κ2) is 5.66. The molecular weight excluding hydrogens is 314 g/mol. The lowest BCUT2D eigenvalue weighted by Crippen LogP contribution is -2.18. The quantitative estimate of drug-likeness (QED) is 0.749. The monoisotopic (exact) mass is 331 g/mol. The molecule has 0 aromatic carbocycles. The van der Waals surface area contributed by atoms with Crippen molar-refractivity contribution in [3.8, 4) is 0 Å². The van der Waals surface area contributed by atoms with E-state index >= 15 is 0 Å². The van der Waals surface area contributed by atoms with E-state index in [0.717, 1.165) is 10.4 Å². The second-order valence-electron chi connectivity index (χ2n) is 5.47. The fraction of sp³-hybridized carbons (Fsp3) is 0.312. The minimum Gasteiger partial charge on any atom is -0.450 e. The summed E-state index contributed by atoms with van der Waals surface area (Å²) in [7, 11) is 1.77. The first-order valence-electron chi connectivity index (χ1n) is 7.20. The first-order chi connectivity index (χ1) is 10.9. The molecule has 7 heteroatoms. The van der Waals surface area contributed by atoms with Crippen LogP contribution >= 0.6 is 11.3 Å². The number of carbonyl (C=O) groups is 1. The third-order valence-corrected chi connectivity index (χ3v) is 4.98. The van der Waals surface area contributed by atoms with Gasteiger partial charge in [0.15, 0.2) is 11.9 Å². The van der Waals surface area contributed by atoms with Gasteiger partial charge in [-0.1, -0.05) is 0 Å². The molecule has 0 bridgehead atoms. The Kier molecular flexibility index (Phi) is 3.81. The highest BCUT2D eigenvalue weighted by atomic mass is 32.1. The number of hydrogen-bond acceptors (Lipinski definition) is 5. The number of aromatic nitrogens is 3. The van der Waals surface area contributed by atoms with Crippen molar-refractivity contribution < 1.29 is 9.53 Å². The number of fused-ring (bicyclic) bond motifs is 1. The molecule has 0 saturated heterocycles. The van der Waals surface area contributed by atoms with Crippen LogP contribution in [0.3, 0.4) is 0 Å². The van der Waals surface area contributed by atoms with Crippen molar-refractivity contribution in [2.45, 2.75) is 26.9 Å². The van der Waals surface area contributed by atoms with Crippen LogP contribution in [0.2, 0.25) is 0 Å². The first-order valence-corrected chi connectivity index (χ1v) is 8.02. The van der Waals surface area contributed by atoms with Crippen LogP contribution in [0.4, 0.5) is 0 Å². The molecule has 0 radical (unpaired) electrons. The number of nitrogens with one attached hydrogen (secondary N) is 1. The summed E-state index contributed by atoms with van der Waals surface area (Å²) >= 11 is 1.47. The molecule has 0 fully saturated rings. The van der Waals surface area contributed by atoms with Crippen LogP contribution in [0.1, 0.15) is 39.8 Å². The van der Waals surface area contributed by atoms with E-state index in [9.17, 15) is 9.59 Å². The van der Waals surface area contributed by atoms with E-state index in [0.29, 0.717) is 21.7 Å². The predicted molar refractivity (Wildman–Crippen MR) is 89.0 cm³/mol. The molecule has 1 atom stereocenters. The second-order valence-corrected chi connectivity index (χ2v) is 6.67. The van der Waals surface area contributed by atoms with E-state index in [1.54, 1.807) is 36.9 Å². The Balaban J connectivity index is 1.92. The number of ether oxygens (including phenoxy) is 1. The Labute approximate surface area is 136 Å². The van der Waals surface area contributed by atoms with Gasteiger partial charge in [-0.15, -0.1) is 11.3 Å². The number of aryl methyl sites for hydroxylation is 3. The molecule has 3 rings (SSSR count). The first kappa shape index (κ1) is 15.5. The van der Waals surface area contributed by atoms with Crippen LogP contribution in [0, 0.1) is 13.8 Å². The summed E-state index contributed by atoms with van der Waals surface area (Å²) in [6.07, 6.45) is 1.13. The third kappa shape index (κ3) is 2.68. The largest absolute Gasteiger partial charge is 0.450 e. The van der Waals surface area contributed by atoms with Crippen LogP contribution in [0.25, 0.3) is 10.2 Å². The average Bonchev–Trinajstić information content (AvgIpc) is 3.03. The van der Waals surface area contributed by atoms with Gasteiger partial charge < -0.3 is 14.3 Å². The molecule has 0 spiro atoms. The molecule has 0 unspecified atom stereocenters. The molecule has 3 aromatic heterocycles. The molecule has 3 heterocycles. The summed E-state index contributed by atoms with van der Waals surface area (Å²) in [5.41, 5.74) is 1.19. The number of nitrogens with zero attached hydrogens (tertiary/aromatic N) is 2. The number of hydrogen-bond donors (Lipinski definition) is 1. The minimum absolute atomic E-state index is 0.200. The van der Waals surface area contributed by atoms with Crippen molar-refractivity contribution in [3.63, 3.8) is 0 Å². The number of carbonyl (C=O) groups excluding carboxylic acids is 1. The molecule has 120 valence electrons. The van der Waals surface area contributed by atoms with Crippen LogP contribution in [-0.2, 0) is 11.8 Å². The maximum Gasteiger partial charge on any atom is 0.355 e. The summed E-state index contributed by atoms with van der Waals surface area (Å²) in [6.45, 7) is 5.56. The van der Waals surface area contributed by atoms with Gasteiger partial charge in [0, 0.05) is 18.1 Å². The zero-order valence-corrected chi connectivity index (χ0v) is 14.2. The zero-order valence-electron chi connectivity index (χ0n) is 13.3. The van der Waals surface area contributed by atoms with Crippen LogP contribution < -0.4 is 5.56 Å². The molecular formula is C16H17N3O3S. The number of thiophene rings is 1. The molecule has 0 aliphatic heterocycles. The van der Waals surface area contributed by atoms with Crippen LogP contribution in [0.5, 0.6) is 0 Å². The average molecular weight is 331 g/mol. The smallest absolute Gasteiger partial charge is 0.355 e. The van der Waals surface area contributed by atoms with Gasteiger partial charge in [0.05, 0.1) is 5.39 Å². The van der Waals surface area contributed by atoms with Crippen LogP contribution in [-0.4, -0.2) is 20.5 Å². The molecule has 23 heavy (non-hydrogen) atoms. The number of esters is 1. The number of aromatic amines is 1. The highest BCUT2D eigenvalue weighted by Gasteiger charge is 2.20. The van der Waals surface area contributed by atoms with Gasteiger partial charge in [0.2, 0.25) is 0 Å². The standard InChI is InChI=1S/C16H17N3O3S/c1-8-10(3)23-15-12(8)14(20)17-13(18-15)9(2)22-16(21)11-6-5-7-19(11)4/h5-7,9H,1-4H3,(H,17,18,20)/t9-/m1/s1. The van der Waals surface area contributed by atoms with E-state index in [4.69, 9.17) is 4.74 Å². The fourth-order valence-corrected chi connectivity index (χ4v) is 3.45. The molecule has 0 amide bonds. The van der Waals surface area contributed by atoms with Gasteiger partial charge in [-0.3, -0.25) is 4.79 Å². The summed E-state index contributed by atoms with van der Waals surface area (Å²) < 4.78 is 7.10. The van der Waals surface area contributed by atoms with E-state index in [1.165, 1.54) is 11.3 Å². The highest BCUT2D eigenvalue weighted by Crippen LogP contribution is 2.27. The van der Waals surface area contributed by atoms with E-state index < -0.39 is 12.1 Å². The fourth-order valence-electron chi connectivity index (χ4n) is 2.41. The van der Waals surface area contributed by atoms with Crippen molar-refractivity contribution in [2.24, 2.45) is 7.05 Å². The molecule has 3 aromatic rings. The van der Waals surface area contributed by atoms with Crippen LogP contribution in [0.15, 0.2) is 23.1 Å². The Hall–Kier alpha value is -2.41. The molecule has 0 aliphatic rings. The molecule has 6 nitrogen and oxygen atoms in total. The lowest BCUT2D eigenvalue weighted by Gasteiger charge is -2.12. The van der Waals surface area contributed by atoms with E-state index in [1.807, 2.05) is 13.8 Å². The van der Waals surface area contributed by atoms with E-state index in [-0.39, 0.29) is 5.56 Å². The van der Waals surface area contributed by atoms with Gasteiger partial charge in [-0.2, -0.15) is 0 Å². The summed E-state index contributed by atoms with van der Waals surface area (Å²) in [5.74, 6) is -0.0994. The Morgan fingerprint density at radius 1 is 1.43 bits per heavy atom. The van der Waals surface area contributed by atoms with Gasteiger partial charge in [0.1, 0.15) is 10.5 Å². The van der Waals surface area contributed by atoms with Crippen molar-refractivity contribution in [1.82, 2.24) is 14.5 Å². The topological polar surface area (TPSA) is 77.0 Å². The number of rotatable bonds is 3. The predicted octanol–water partition coefficient (Wildman–Crippen LogP) is 2.86. The van der Waals surface area contributed by atoms with Crippen molar-refractivity contribution >= 4 is 27.5 Å². The maximum absolute atomic E-state index is 12.3. The lowest BCUT2D eigenvalue weighted by atomic mass is 10.2. The summed E-state index contributed by atoms with van der Waals surface area (Å²) in [5, 5.41) is 0.609. The Morgan fingerprint density at radius 2 is 2.17 bits per heavy atom. The van der Waals surface area contributed by atoms with E-state index in [2.05, 4.69) is 9.97 Å². The normalized spacial score (nSPS) is 12.5. The zero-order chi connectivity index (χ0) is 16.7. The van der Waals surface area contributed by atoms with Gasteiger partial charge in [-0.05, 0) is 38.5 Å². The van der Waals surface area contributed by atoms with Gasteiger partial charge in [0.25, 0.3) is 5.56 Å². The maximum atomic E-state index is 12.3. The lowest BCUT2D eigenvalue weighted by molar-refractivity contribution is 0.0309. The van der Waals surface area contributed by atoms with Crippen molar-refractivity contribution in [3.05, 3.63) is 50.6 Å². The summed E-state index contributed by atoms with van der Waals surface area (Å²) in [6, 6.07) is 3.45. The van der Waals surface area contributed by atoms with Gasteiger partial charge in [-0.25, -0.2) is 9.78 Å². The Morgan fingerprint density at radius 3 is 2.83 bits per heavy atom. The number of H-pyrrole nitrogens is 1. The third-order valence-electron chi connectivity index (χ3n) is 3.88. The Bertz CT molecular complexity index is 951. The molecule has 1 N–H and O–H groups in total. The molecule has 0 saturated carbocycles. The molecule has 0 aliphatic carbocycles. The van der Waals surface area contributed by atoms with Crippen molar-refractivity contribution in [2.75, 3.05) is 0 Å². The van der Waals surface area contributed by atoms with Gasteiger partial charge >= 0.3 is 5.97 Å².